The molecule has 0 rings (SSSR count). The van der Waals surface area contributed by atoms with Crippen LogP contribution in [0.2, 0.25) is 0 Å². The number of hydrogen-bond donors (Lipinski definition) is 0. The van der Waals surface area contributed by atoms with E-state index in [1.807, 2.05) is 0 Å². The standard InChI is InChI=1S/2Co.5O.2Pm/q2*+2;5*-2;2*+3. The molecule has 0 N–H and O–H groups in total. The van der Waals surface area contributed by atoms with Crippen molar-refractivity contribution >= 4 is 0 Å². The van der Waals surface area contributed by atoms with Gasteiger partial charge in [0.1, 0.15) is 0 Å². The second-order valence-corrected chi connectivity index (χ2v) is 0. The molecule has 0 aliphatic rings. The Morgan fingerprint density at radius 1 is 0.333 bits per heavy atom. The normalized spacial score (nSPS) is 0. The molecule has 0 unspecified atom stereocenters. The topological polar surface area (TPSA) is 142 Å². The van der Waals surface area contributed by atoms with Gasteiger partial charge in [-0.1, -0.05) is 0 Å². The van der Waals surface area contributed by atoms with Crippen LogP contribution in [0.15, 0.2) is 0 Å². The Bertz CT molecular complexity index is 12.9. The van der Waals surface area contributed by atoms with Gasteiger partial charge in [-0.3, -0.25) is 0 Å². The average Bonchev–Trinajstić information content (AvgIpc) is 0. The fourth-order valence-electron chi connectivity index (χ4n) is 0. The molecule has 0 spiro atoms. The van der Waals surface area contributed by atoms with E-state index in [0.717, 1.165) is 0 Å². The molecule has 2 radical (unpaired) electrons. The van der Waals surface area contributed by atoms with Crippen LogP contribution in [0, 0.1) is 80.8 Å². The fraction of sp³-hybridized carbons (Fsp3) is 0. The van der Waals surface area contributed by atoms with Gasteiger partial charge in [0.2, 0.25) is 0 Å². The van der Waals surface area contributed by atoms with E-state index in [1.165, 1.54) is 0 Å². The summed E-state index contributed by atoms with van der Waals surface area (Å²) in [6.07, 6.45) is 0. The minimum Gasteiger partial charge on any atom is -2.00 e. The first-order valence-electron chi connectivity index (χ1n) is 0. The van der Waals surface area contributed by atoms with E-state index in [4.69, 9.17) is 0 Å². The van der Waals surface area contributed by atoms with E-state index >= 15 is 0 Å². The minimum atomic E-state index is 0. The van der Waals surface area contributed by atoms with Gasteiger partial charge in [0.15, 0.2) is 0 Å². The van der Waals surface area contributed by atoms with E-state index < -0.39 is 0 Å². The summed E-state index contributed by atoms with van der Waals surface area (Å²) in [6.45, 7) is 0. The molecule has 0 heterocycles. The Hall–Kier alpha value is 3.49. The van der Waals surface area contributed by atoms with Crippen molar-refractivity contribution in [1.29, 1.82) is 0 Å². The van der Waals surface area contributed by atoms with Gasteiger partial charge in [-0.2, -0.15) is 0 Å². The quantitative estimate of drug-likeness (QED) is 0.430. The van der Waals surface area contributed by atoms with Crippen LogP contribution in [0.1, 0.15) is 0 Å². The Balaban J connectivity index is 0. The van der Waals surface area contributed by atoms with E-state index in [2.05, 4.69) is 0 Å². The van der Waals surface area contributed by atoms with Crippen molar-refractivity contribution in [2.45, 2.75) is 0 Å². The summed E-state index contributed by atoms with van der Waals surface area (Å²) in [4.78, 5) is 0. The molecule has 0 saturated heterocycles. The summed E-state index contributed by atoms with van der Waals surface area (Å²) in [6, 6.07) is 0. The minimum absolute atomic E-state index is 0. The van der Waals surface area contributed by atoms with Gasteiger partial charge in [0.25, 0.3) is 0 Å². The summed E-state index contributed by atoms with van der Waals surface area (Å²) < 4.78 is 0. The van der Waals surface area contributed by atoms with Gasteiger partial charge in [-0.15, -0.1) is 0 Å². The third-order valence-electron chi connectivity index (χ3n) is 0. The van der Waals surface area contributed by atoms with Crippen molar-refractivity contribution in [2.24, 2.45) is 0 Å². The van der Waals surface area contributed by atoms with Crippen molar-refractivity contribution in [1.82, 2.24) is 0 Å². The second-order valence-electron chi connectivity index (χ2n) is 0. The summed E-state index contributed by atoms with van der Waals surface area (Å²) in [5, 5.41) is 0. The maximum absolute atomic E-state index is 0. The maximum atomic E-state index is 0. The molecule has 5 nitrogen and oxygen atoms in total. The molecular weight excluding hydrogens is 488 g/mol. The summed E-state index contributed by atoms with van der Waals surface area (Å²) in [7, 11) is 0. The zero-order valence-corrected chi connectivity index (χ0v) is 11.4. The first-order valence-corrected chi connectivity index (χ1v) is 0. The van der Waals surface area contributed by atoms with E-state index in [1.54, 1.807) is 0 Å². The zero-order valence-electron chi connectivity index (χ0n) is 3.60. The average molecular weight is 488 g/mol. The molecule has 9 heteroatoms. The fourth-order valence-corrected chi connectivity index (χ4v) is 0. The number of rotatable bonds is 0. The van der Waals surface area contributed by atoms with Gasteiger partial charge < -0.3 is 27.4 Å². The van der Waals surface area contributed by atoms with Gasteiger partial charge in [-0.25, -0.2) is 0 Å². The zero-order chi connectivity index (χ0) is 0. The van der Waals surface area contributed by atoms with Gasteiger partial charge >= 0.3 is 114 Å². The van der Waals surface area contributed by atoms with Crippen LogP contribution in [0.4, 0.5) is 0 Å². The molecule has 9 heavy (non-hydrogen) atoms. The van der Waals surface area contributed by atoms with E-state index in [9.17, 15) is 0 Å². The summed E-state index contributed by atoms with van der Waals surface area (Å²) in [5.41, 5.74) is 0. The van der Waals surface area contributed by atoms with Gasteiger partial charge in [0, 0.05) is 0 Å². The molecule has 0 aliphatic carbocycles. The van der Waals surface area contributed by atoms with Crippen molar-refractivity contribution < 1.29 is 142 Å². The molecule has 0 aromatic heterocycles. The van der Waals surface area contributed by atoms with Crippen LogP contribution in [0.5, 0.6) is 0 Å². The van der Waals surface area contributed by atoms with Crippen molar-refractivity contribution in [3.05, 3.63) is 0 Å². The molecule has 0 aromatic carbocycles. The second kappa shape index (κ2) is 104. The molecule has 0 atom stereocenters. The van der Waals surface area contributed by atoms with Crippen molar-refractivity contribution in [3.8, 4) is 0 Å². The Morgan fingerprint density at radius 3 is 0.333 bits per heavy atom. The molecule has 0 aliphatic heterocycles. The van der Waals surface area contributed by atoms with Crippen LogP contribution < -0.4 is 0 Å². The van der Waals surface area contributed by atoms with Gasteiger partial charge in [-0.05, 0) is 0 Å². The molecule has 0 amide bonds. The van der Waals surface area contributed by atoms with Crippen LogP contribution >= 0.6 is 0 Å². The Morgan fingerprint density at radius 2 is 0.333 bits per heavy atom. The Kier molecular flexibility index (Phi) is 1560. The molecule has 0 fully saturated rings. The first-order chi connectivity index (χ1) is 0. The third-order valence-corrected chi connectivity index (χ3v) is 0. The van der Waals surface area contributed by atoms with E-state index in [-0.39, 0.29) is 142 Å². The molecule has 0 bridgehead atoms. The van der Waals surface area contributed by atoms with Crippen molar-refractivity contribution in [3.63, 3.8) is 0 Å². The van der Waals surface area contributed by atoms with Crippen LogP contribution in [0.3, 0.4) is 0 Å². The molecular formula is Co2O5Pm2. The molecule has 0 saturated carbocycles. The molecule has 58 valence electrons. The maximum Gasteiger partial charge on any atom is 3.00 e. The molecule has 0 aromatic rings. The largest absolute Gasteiger partial charge is 3.00 e. The van der Waals surface area contributed by atoms with E-state index in [0.29, 0.717) is 0 Å². The van der Waals surface area contributed by atoms with Crippen LogP contribution in [-0.2, 0) is 60.9 Å². The Labute approximate surface area is 139 Å². The number of hydrogen-bond acceptors (Lipinski definition) is 0. The van der Waals surface area contributed by atoms with Crippen LogP contribution in [-0.4, -0.2) is 0 Å². The predicted octanol–water partition coefficient (Wildman–Crippen LogP) is -0.599. The van der Waals surface area contributed by atoms with Crippen LogP contribution in [0.25, 0.3) is 0 Å². The van der Waals surface area contributed by atoms with Crippen molar-refractivity contribution in [2.75, 3.05) is 0 Å². The SMILES string of the molecule is [Co+2].[Co+2].[O-2].[O-2].[O-2].[O-2].[O-2].[Pm+3].[Pm+3]. The summed E-state index contributed by atoms with van der Waals surface area (Å²) in [5.74, 6) is 0. The predicted molar refractivity (Wildman–Crippen MR) is 3.43 cm³/mol. The summed E-state index contributed by atoms with van der Waals surface area (Å²) >= 11 is 0. The third kappa shape index (κ3) is 85.0. The first kappa shape index (κ1) is 135. The smallest absolute Gasteiger partial charge is 2.00 e. The monoisotopic (exact) mass is 488 g/mol. The van der Waals surface area contributed by atoms with Gasteiger partial charge in [0.05, 0.1) is 0 Å².